The second kappa shape index (κ2) is 8.19. The summed E-state index contributed by atoms with van der Waals surface area (Å²) >= 11 is 4.58. The fourth-order valence-electron chi connectivity index (χ4n) is 2.33. The molecule has 0 unspecified atom stereocenters. The van der Waals surface area contributed by atoms with E-state index in [2.05, 4.69) is 25.6 Å². The molecule has 0 saturated heterocycles. The molecule has 1 N–H and O–H groups in total. The van der Waals surface area contributed by atoms with Crippen LogP contribution in [0.5, 0.6) is 0 Å². The van der Waals surface area contributed by atoms with Crippen LogP contribution >= 0.6 is 12.6 Å². The quantitative estimate of drug-likeness (QED) is 0.391. The van der Waals surface area contributed by atoms with Crippen molar-refractivity contribution < 1.29 is 5.11 Å². The third kappa shape index (κ3) is 5.40. The molecule has 0 aliphatic heterocycles. The Bertz CT molecular complexity index is 213. The van der Waals surface area contributed by atoms with E-state index in [0.717, 1.165) is 25.7 Å². The molecule has 1 nitrogen and oxygen atoms in total. The number of hydrogen-bond donors (Lipinski definition) is 2. The summed E-state index contributed by atoms with van der Waals surface area (Å²) in [7, 11) is 0. The number of thiol groups is 1. The van der Waals surface area contributed by atoms with E-state index in [4.69, 9.17) is 0 Å². The van der Waals surface area contributed by atoms with Gasteiger partial charge in [0.15, 0.2) is 0 Å². The molecular weight excluding hydrogens is 216 g/mol. The Morgan fingerprint density at radius 1 is 1.38 bits per heavy atom. The van der Waals surface area contributed by atoms with Crippen molar-refractivity contribution in [3.8, 4) is 0 Å². The van der Waals surface area contributed by atoms with Crippen molar-refractivity contribution in [1.82, 2.24) is 0 Å². The molecule has 1 saturated carbocycles. The summed E-state index contributed by atoms with van der Waals surface area (Å²) in [4.78, 5) is 0. The van der Waals surface area contributed by atoms with Gasteiger partial charge in [-0.2, -0.15) is 12.6 Å². The molecule has 1 fully saturated rings. The fourth-order valence-corrected chi connectivity index (χ4v) is 2.71. The average molecular weight is 242 g/mol. The maximum atomic E-state index is 9.68. The van der Waals surface area contributed by atoms with E-state index in [9.17, 15) is 5.11 Å². The molecule has 0 bridgehead atoms. The van der Waals surface area contributed by atoms with Gasteiger partial charge in [-0.15, -0.1) is 0 Å². The molecule has 1 rings (SSSR count). The van der Waals surface area contributed by atoms with Gasteiger partial charge in [0.05, 0.1) is 6.10 Å². The first-order valence-electron chi connectivity index (χ1n) is 6.80. The molecule has 16 heavy (non-hydrogen) atoms. The topological polar surface area (TPSA) is 20.2 Å². The Kier molecular flexibility index (Phi) is 7.22. The second-order valence-electron chi connectivity index (χ2n) is 4.92. The Morgan fingerprint density at radius 2 is 2.12 bits per heavy atom. The second-order valence-corrected chi connectivity index (χ2v) is 5.58. The zero-order valence-corrected chi connectivity index (χ0v) is 11.4. The molecule has 1 aliphatic rings. The Balaban J connectivity index is 2.12. The van der Waals surface area contributed by atoms with Crippen LogP contribution in [0.3, 0.4) is 0 Å². The van der Waals surface area contributed by atoms with Crippen molar-refractivity contribution in [2.75, 3.05) is 0 Å². The third-order valence-corrected chi connectivity index (χ3v) is 3.79. The first kappa shape index (κ1) is 14.1. The molecule has 0 amide bonds. The van der Waals surface area contributed by atoms with Crippen LogP contribution in [0.4, 0.5) is 0 Å². The molecule has 0 radical (unpaired) electrons. The van der Waals surface area contributed by atoms with Crippen LogP contribution < -0.4 is 0 Å². The van der Waals surface area contributed by atoms with Gasteiger partial charge >= 0.3 is 0 Å². The zero-order valence-electron chi connectivity index (χ0n) is 10.5. The summed E-state index contributed by atoms with van der Waals surface area (Å²) in [6, 6.07) is 0. The molecule has 0 aromatic carbocycles. The van der Waals surface area contributed by atoms with E-state index < -0.39 is 0 Å². The summed E-state index contributed by atoms with van der Waals surface area (Å²) in [5, 5.41) is 10.0. The molecule has 2 atom stereocenters. The summed E-state index contributed by atoms with van der Waals surface area (Å²) in [5.74, 6) is 0. The highest BCUT2D eigenvalue weighted by molar-refractivity contribution is 7.81. The van der Waals surface area contributed by atoms with Crippen LogP contribution in [0.1, 0.15) is 64.7 Å². The molecule has 0 aromatic heterocycles. The number of aliphatic hydroxyl groups excluding tert-OH is 1. The lowest BCUT2D eigenvalue weighted by atomic mass is 10.1. The minimum atomic E-state index is -0.172. The summed E-state index contributed by atoms with van der Waals surface area (Å²) in [5.41, 5.74) is 1.23. The van der Waals surface area contributed by atoms with Crippen LogP contribution in [-0.4, -0.2) is 16.5 Å². The van der Waals surface area contributed by atoms with Crippen molar-refractivity contribution >= 4 is 12.6 Å². The van der Waals surface area contributed by atoms with Crippen molar-refractivity contribution in [3.05, 3.63) is 11.6 Å². The summed E-state index contributed by atoms with van der Waals surface area (Å²) in [6.45, 7) is 2.24. The highest BCUT2D eigenvalue weighted by atomic mass is 32.1. The Hall–Kier alpha value is 0.0500. The Labute approximate surface area is 106 Å². The monoisotopic (exact) mass is 242 g/mol. The van der Waals surface area contributed by atoms with Crippen molar-refractivity contribution in [2.45, 2.75) is 76.1 Å². The van der Waals surface area contributed by atoms with Crippen LogP contribution in [0.25, 0.3) is 0 Å². The van der Waals surface area contributed by atoms with Crippen LogP contribution in [-0.2, 0) is 0 Å². The lowest BCUT2D eigenvalue weighted by molar-refractivity contribution is 0.217. The first-order chi connectivity index (χ1) is 7.74. The van der Waals surface area contributed by atoms with Crippen LogP contribution in [0, 0.1) is 0 Å². The smallest absolute Gasteiger partial charge is 0.0750 e. The summed E-state index contributed by atoms with van der Waals surface area (Å²) < 4.78 is 0. The summed E-state index contributed by atoms with van der Waals surface area (Å²) in [6.07, 6.45) is 13.0. The number of rotatable bonds is 7. The predicted molar refractivity (Wildman–Crippen MR) is 74.1 cm³/mol. The van der Waals surface area contributed by atoms with Crippen molar-refractivity contribution in [1.29, 1.82) is 0 Å². The largest absolute Gasteiger partial charge is 0.389 e. The minimum Gasteiger partial charge on any atom is -0.389 e. The molecule has 2 heteroatoms. The van der Waals surface area contributed by atoms with E-state index in [-0.39, 0.29) is 6.10 Å². The van der Waals surface area contributed by atoms with Gasteiger partial charge in [0.2, 0.25) is 0 Å². The fraction of sp³-hybridized carbons (Fsp3) is 0.857. The molecular formula is C14H26OS. The SMILES string of the molecule is CCCCCCC[C@H](S)/C=C1\CCC[C@@H]1O. The van der Waals surface area contributed by atoms with E-state index in [0.29, 0.717) is 5.25 Å². The number of unbranched alkanes of at least 4 members (excludes halogenated alkanes) is 4. The maximum Gasteiger partial charge on any atom is 0.0750 e. The highest BCUT2D eigenvalue weighted by Gasteiger charge is 2.18. The van der Waals surface area contributed by atoms with Crippen molar-refractivity contribution in [2.24, 2.45) is 0 Å². The minimum absolute atomic E-state index is 0.172. The van der Waals surface area contributed by atoms with Gasteiger partial charge in [-0.1, -0.05) is 45.1 Å². The van der Waals surface area contributed by atoms with Gasteiger partial charge in [0, 0.05) is 5.25 Å². The first-order valence-corrected chi connectivity index (χ1v) is 7.32. The van der Waals surface area contributed by atoms with Crippen LogP contribution in [0.15, 0.2) is 11.6 Å². The normalized spacial score (nSPS) is 25.2. The van der Waals surface area contributed by atoms with Gasteiger partial charge in [-0.25, -0.2) is 0 Å². The van der Waals surface area contributed by atoms with Gasteiger partial charge in [-0.05, 0) is 31.3 Å². The number of hydrogen-bond acceptors (Lipinski definition) is 2. The van der Waals surface area contributed by atoms with Gasteiger partial charge in [-0.3, -0.25) is 0 Å². The van der Waals surface area contributed by atoms with E-state index >= 15 is 0 Å². The average Bonchev–Trinajstić information content (AvgIpc) is 2.64. The number of aliphatic hydroxyl groups is 1. The Morgan fingerprint density at radius 3 is 2.75 bits per heavy atom. The maximum absolute atomic E-state index is 9.68. The van der Waals surface area contributed by atoms with Gasteiger partial charge in [0.25, 0.3) is 0 Å². The van der Waals surface area contributed by atoms with Gasteiger partial charge in [0.1, 0.15) is 0 Å². The lowest BCUT2D eigenvalue weighted by Crippen LogP contribution is -2.05. The third-order valence-electron chi connectivity index (χ3n) is 3.38. The van der Waals surface area contributed by atoms with E-state index in [1.165, 1.54) is 37.7 Å². The molecule has 94 valence electrons. The lowest BCUT2D eigenvalue weighted by Gasteiger charge is -2.09. The molecule has 0 spiro atoms. The zero-order chi connectivity index (χ0) is 11.8. The van der Waals surface area contributed by atoms with Crippen LogP contribution in [0.2, 0.25) is 0 Å². The van der Waals surface area contributed by atoms with E-state index in [1.54, 1.807) is 0 Å². The predicted octanol–water partition coefficient (Wildman–Crippen LogP) is 4.12. The van der Waals surface area contributed by atoms with E-state index in [1.807, 2.05) is 0 Å². The highest BCUT2D eigenvalue weighted by Crippen LogP contribution is 2.26. The van der Waals surface area contributed by atoms with Crippen molar-refractivity contribution in [3.63, 3.8) is 0 Å². The van der Waals surface area contributed by atoms with Gasteiger partial charge < -0.3 is 5.11 Å². The molecule has 0 heterocycles. The molecule has 0 aromatic rings. The molecule has 1 aliphatic carbocycles. The standard InChI is InChI=1S/C14H26OS/c1-2-3-4-5-6-9-13(16)11-12-8-7-10-14(12)15/h11,13-16H,2-10H2,1H3/b12-11+/t13-,14-/m0/s1.